The Balaban J connectivity index is 1.57. The molecule has 2 atom stereocenters. The van der Waals surface area contributed by atoms with Crippen LogP contribution in [0.25, 0.3) is 0 Å². The third-order valence-corrected chi connectivity index (χ3v) is 5.65. The molecule has 1 aromatic carbocycles. The Bertz CT molecular complexity index is 523. The fourth-order valence-corrected chi connectivity index (χ4v) is 4.82. The van der Waals surface area contributed by atoms with E-state index in [4.69, 9.17) is 4.84 Å². The number of fused-ring (bicyclic) bond motifs is 2. The predicted octanol–water partition coefficient (Wildman–Crippen LogP) is 2.92. The Morgan fingerprint density at radius 3 is 2.57 bits per heavy atom. The van der Waals surface area contributed by atoms with Crippen LogP contribution in [-0.2, 0) is 11.4 Å². The van der Waals surface area contributed by atoms with Gasteiger partial charge in [0.15, 0.2) is 0 Å². The molecule has 0 radical (unpaired) electrons. The van der Waals surface area contributed by atoms with Gasteiger partial charge in [0.2, 0.25) is 0 Å². The fraction of sp³-hybridized carbons (Fsp3) is 0.667. The fourth-order valence-electron chi connectivity index (χ4n) is 4.82. The highest BCUT2D eigenvalue weighted by Crippen LogP contribution is 2.58. The molecular formula is C18H26N2O. The van der Waals surface area contributed by atoms with Crippen molar-refractivity contribution in [2.24, 2.45) is 11.3 Å². The third-order valence-electron chi connectivity index (χ3n) is 5.65. The Kier molecular flexibility index (Phi) is 2.97. The molecule has 21 heavy (non-hydrogen) atoms. The van der Waals surface area contributed by atoms with Crippen LogP contribution in [0.1, 0.15) is 32.3 Å². The molecule has 3 fully saturated rings. The molecule has 3 heteroatoms. The zero-order valence-electron chi connectivity index (χ0n) is 13.4. The molecule has 1 spiro atoms. The van der Waals surface area contributed by atoms with E-state index in [2.05, 4.69) is 61.2 Å². The molecule has 114 valence electrons. The van der Waals surface area contributed by atoms with Crippen molar-refractivity contribution in [1.29, 1.82) is 0 Å². The molecule has 0 amide bonds. The summed E-state index contributed by atoms with van der Waals surface area (Å²) in [7, 11) is 2.14. The van der Waals surface area contributed by atoms with E-state index in [0.29, 0.717) is 12.0 Å². The van der Waals surface area contributed by atoms with Gasteiger partial charge in [0.05, 0.1) is 5.60 Å². The summed E-state index contributed by atoms with van der Waals surface area (Å²) in [4.78, 5) is 8.89. The van der Waals surface area contributed by atoms with Crippen LogP contribution in [0.3, 0.4) is 0 Å². The molecule has 0 N–H and O–H groups in total. The van der Waals surface area contributed by atoms with E-state index < -0.39 is 0 Å². The van der Waals surface area contributed by atoms with Crippen molar-refractivity contribution in [1.82, 2.24) is 9.96 Å². The Morgan fingerprint density at radius 1 is 1.19 bits per heavy atom. The molecular weight excluding hydrogens is 260 g/mol. The van der Waals surface area contributed by atoms with Gasteiger partial charge >= 0.3 is 0 Å². The number of piperidine rings is 1. The summed E-state index contributed by atoms with van der Waals surface area (Å²) in [5.74, 6) is 0.662. The molecule has 4 rings (SSSR count). The van der Waals surface area contributed by atoms with Crippen LogP contribution in [0.4, 0.5) is 0 Å². The summed E-state index contributed by atoms with van der Waals surface area (Å²) in [5.41, 5.74) is 1.87. The van der Waals surface area contributed by atoms with Gasteiger partial charge in [-0.2, -0.15) is 5.06 Å². The van der Waals surface area contributed by atoms with Crippen molar-refractivity contribution in [3.63, 3.8) is 0 Å². The van der Waals surface area contributed by atoms with Gasteiger partial charge < -0.3 is 0 Å². The third kappa shape index (κ3) is 2.23. The summed E-state index contributed by atoms with van der Waals surface area (Å²) in [6.07, 6.45) is 2.49. The molecule has 1 aliphatic carbocycles. The maximum atomic E-state index is 6.25. The second-order valence-corrected chi connectivity index (χ2v) is 7.90. The van der Waals surface area contributed by atoms with E-state index in [9.17, 15) is 0 Å². The van der Waals surface area contributed by atoms with Gasteiger partial charge in [0, 0.05) is 38.6 Å². The summed E-state index contributed by atoms with van der Waals surface area (Å²) in [6, 6.07) is 11.4. The molecule has 1 saturated carbocycles. The van der Waals surface area contributed by atoms with Gasteiger partial charge in [0.25, 0.3) is 0 Å². The number of hydrogen-bond acceptors (Lipinski definition) is 3. The normalized spacial score (nSPS) is 34.0. The van der Waals surface area contributed by atoms with Crippen molar-refractivity contribution in [3.05, 3.63) is 35.9 Å². The highest BCUT2D eigenvalue weighted by Gasteiger charge is 2.65. The highest BCUT2D eigenvalue weighted by molar-refractivity contribution is 5.17. The number of benzene rings is 1. The predicted molar refractivity (Wildman–Crippen MR) is 83.6 cm³/mol. The van der Waals surface area contributed by atoms with Gasteiger partial charge in [-0.15, -0.1) is 0 Å². The highest BCUT2D eigenvalue weighted by atomic mass is 16.7. The first-order chi connectivity index (χ1) is 10.0. The minimum atomic E-state index is 0.173. The molecule has 2 saturated heterocycles. The number of hydroxylamine groups is 2. The lowest BCUT2D eigenvalue weighted by Crippen LogP contribution is -2.57. The SMILES string of the molecule is CN1OC2(CC2)[C@H]2CN(Cc3ccccc3)CC(C)(C)[C@H]21. The first-order valence-electron chi connectivity index (χ1n) is 8.18. The lowest BCUT2D eigenvalue weighted by molar-refractivity contribution is -0.168. The van der Waals surface area contributed by atoms with Crippen LogP contribution in [0.15, 0.2) is 30.3 Å². The zero-order valence-corrected chi connectivity index (χ0v) is 13.4. The molecule has 3 aliphatic rings. The second kappa shape index (κ2) is 4.55. The quantitative estimate of drug-likeness (QED) is 0.831. The summed E-state index contributed by atoms with van der Waals surface area (Å²) >= 11 is 0. The van der Waals surface area contributed by atoms with Crippen LogP contribution in [0.2, 0.25) is 0 Å². The molecule has 1 aromatic rings. The number of likely N-dealkylation sites (tertiary alicyclic amines) is 1. The van der Waals surface area contributed by atoms with Crippen molar-refractivity contribution in [3.8, 4) is 0 Å². The second-order valence-electron chi connectivity index (χ2n) is 7.90. The maximum Gasteiger partial charge on any atom is 0.0958 e. The van der Waals surface area contributed by atoms with E-state index in [0.717, 1.165) is 13.1 Å². The first kappa shape index (κ1) is 13.7. The van der Waals surface area contributed by atoms with Crippen LogP contribution in [-0.4, -0.2) is 41.7 Å². The van der Waals surface area contributed by atoms with Crippen molar-refractivity contribution in [2.75, 3.05) is 20.1 Å². The van der Waals surface area contributed by atoms with Crippen molar-refractivity contribution in [2.45, 2.75) is 44.9 Å². The average molecular weight is 286 g/mol. The van der Waals surface area contributed by atoms with Crippen LogP contribution >= 0.6 is 0 Å². The molecule has 0 bridgehead atoms. The van der Waals surface area contributed by atoms with Crippen molar-refractivity contribution < 1.29 is 4.84 Å². The molecule has 0 unspecified atom stereocenters. The van der Waals surface area contributed by atoms with E-state index in [1.165, 1.54) is 24.9 Å². The number of rotatable bonds is 2. The Labute approximate surface area is 127 Å². The Hall–Kier alpha value is -0.900. The van der Waals surface area contributed by atoms with Gasteiger partial charge in [0.1, 0.15) is 0 Å². The monoisotopic (exact) mass is 286 g/mol. The molecule has 2 heterocycles. The zero-order chi connectivity index (χ0) is 14.7. The Morgan fingerprint density at radius 2 is 1.90 bits per heavy atom. The average Bonchev–Trinajstić information content (AvgIpc) is 3.12. The number of nitrogens with zero attached hydrogens (tertiary/aromatic N) is 2. The largest absolute Gasteiger partial charge is 0.298 e. The van der Waals surface area contributed by atoms with Gasteiger partial charge in [-0.1, -0.05) is 44.2 Å². The molecule has 2 aliphatic heterocycles. The van der Waals surface area contributed by atoms with Crippen molar-refractivity contribution >= 4 is 0 Å². The van der Waals surface area contributed by atoms with Crippen LogP contribution < -0.4 is 0 Å². The standard InChI is InChI=1S/C18H26N2O/c1-17(2)13-20(11-14-7-5-4-6-8-14)12-15-16(17)19(3)21-18(15)9-10-18/h4-8,15-16H,9-13H2,1-3H3/t15-,16-/m0/s1. The topological polar surface area (TPSA) is 15.7 Å². The van der Waals surface area contributed by atoms with E-state index in [-0.39, 0.29) is 11.0 Å². The minimum absolute atomic E-state index is 0.173. The van der Waals surface area contributed by atoms with Gasteiger partial charge in [-0.05, 0) is 23.8 Å². The lowest BCUT2D eigenvalue weighted by atomic mass is 9.71. The lowest BCUT2D eigenvalue weighted by Gasteiger charge is -2.47. The van der Waals surface area contributed by atoms with E-state index in [1.807, 2.05) is 0 Å². The van der Waals surface area contributed by atoms with E-state index >= 15 is 0 Å². The maximum absolute atomic E-state index is 6.25. The van der Waals surface area contributed by atoms with Crippen LogP contribution in [0.5, 0.6) is 0 Å². The summed E-state index contributed by atoms with van der Waals surface area (Å²) in [6.45, 7) is 8.19. The smallest absolute Gasteiger partial charge is 0.0958 e. The number of hydrogen-bond donors (Lipinski definition) is 0. The summed E-state index contributed by atoms with van der Waals surface area (Å²) in [5, 5.41) is 2.18. The first-order valence-corrected chi connectivity index (χ1v) is 8.18. The van der Waals surface area contributed by atoms with Gasteiger partial charge in [-0.25, -0.2) is 0 Å². The summed E-state index contributed by atoms with van der Waals surface area (Å²) < 4.78 is 0. The van der Waals surface area contributed by atoms with E-state index in [1.54, 1.807) is 0 Å². The minimum Gasteiger partial charge on any atom is -0.298 e. The molecule has 3 nitrogen and oxygen atoms in total. The van der Waals surface area contributed by atoms with Gasteiger partial charge in [-0.3, -0.25) is 9.74 Å². The molecule has 0 aromatic heterocycles. The van der Waals surface area contributed by atoms with Crippen LogP contribution in [0, 0.1) is 11.3 Å².